The van der Waals surface area contributed by atoms with E-state index >= 15 is 0 Å². The van der Waals surface area contributed by atoms with E-state index in [1.807, 2.05) is 18.2 Å². The number of fused-ring (bicyclic) bond motifs is 5. The fourth-order valence-corrected chi connectivity index (χ4v) is 7.11. The molecule has 3 aromatic rings. The quantitative estimate of drug-likeness (QED) is 0.273. The molecule has 0 spiro atoms. The molecule has 0 saturated heterocycles. The third-order valence-corrected chi connectivity index (χ3v) is 9.47. The van der Waals surface area contributed by atoms with Crippen LogP contribution in [0.4, 0.5) is 0 Å². The minimum atomic E-state index is -1.29. The van der Waals surface area contributed by atoms with Crippen LogP contribution in [0.5, 0.6) is 0 Å². The Kier molecular flexibility index (Phi) is 5.26. The smallest absolute Gasteiger partial charge is 0.120 e. The maximum absolute atomic E-state index is 12.8. The summed E-state index contributed by atoms with van der Waals surface area (Å²) >= 11 is 7.29. The van der Waals surface area contributed by atoms with E-state index in [1.54, 1.807) is 0 Å². The van der Waals surface area contributed by atoms with Crippen LogP contribution in [0.25, 0.3) is 11.1 Å². The minimum Gasteiger partial charge on any atom is -0.380 e. The highest BCUT2D eigenvalue weighted by molar-refractivity contribution is 9.10. The first-order valence-electron chi connectivity index (χ1n) is 12.2. The van der Waals surface area contributed by atoms with Crippen molar-refractivity contribution in [2.24, 2.45) is 10.8 Å². The Morgan fingerprint density at radius 2 is 0.971 bits per heavy atom. The second-order valence-electron chi connectivity index (χ2n) is 12.9. The first-order valence-corrected chi connectivity index (χ1v) is 13.8. The summed E-state index contributed by atoms with van der Waals surface area (Å²) in [7, 11) is 0. The van der Waals surface area contributed by atoms with Crippen molar-refractivity contribution in [3.8, 4) is 11.1 Å². The molecule has 0 radical (unpaired) electrons. The average molecular weight is 598 g/mol. The molecule has 0 aromatic heterocycles. The Balaban J connectivity index is 1.98. The van der Waals surface area contributed by atoms with Gasteiger partial charge in [0.15, 0.2) is 0 Å². The van der Waals surface area contributed by atoms with Crippen LogP contribution < -0.4 is 0 Å². The van der Waals surface area contributed by atoms with Gasteiger partial charge >= 0.3 is 0 Å². The van der Waals surface area contributed by atoms with Crippen LogP contribution in [0.3, 0.4) is 0 Å². The molecule has 2 unspecified atom stereocenters. The van der Waals surface area contributed by atoms with E-state index in [-0.39, 0.29) is 5.41 Å². The highest BCUT2D eigenvalue weighted by Gasteiger charge is 2.58. The largest absolute Gasteiger partial charge is 0.380 e. The first-order chi connectivity index (χ1) is 16.0. The number of rotatable bonds is 0. The van der Waals surface area contributed by atoms with Crippen molar-refractivity contribution in [1.29, 1.82) is 0 Å². The Labute approximate surface area is 226 Å². The van der Waals surface area contributed by atoms with Crippen molar-refractivity contribution in [2.75, 3.05) is 0 Å². The average Bonchev–Trinajstić information content (AvgIpc) is 2.95. The predicted octanol–water partition coefficient (Wildman–Crippen LogP) is 8.40. The van der Waals surface area contributed by atoms with Gasteiger partial charge < -0.3 is 10.2 Å². The fourth-order valence-electron chi connectivity index (χ4n) is 6.39. The molecule has 2 aliphatic carbocycles. The molecule has 35 heavy (non-hydrogen) atoms. The number of hydrogen-bond acceptors (Lipinski definition) is 2. The van der Waals surface area contributed by atoms with Crippen molar-refractivity contribution in [1.82, 2.24) is 0 Å². The molecule has 184 valence electrons. The van der Waals surface area contributed by atoms with E-state index in [0.717, 1.165) is 36.8 Å². The summed E-state index contributed by atoms with van der Waals surface area (Å²) in [5.74, 6) is 0. The van der Waals surface area contributed by atoms with Crippen LogP contribution >= 0.6 is 31.9 Å². The molecule has 3 aromatic carbocycles. The zero-order chi connectivity index (χ0) is 25.9. The summed E-state index contributed by atoms with van der Waals surface area (Å²) in [5.41, 5.74) is 4.03. The SMILES string of the molecule is CC1(C)c2cc(Br)ccc2-c2cc3c(cc21)C(O)(C(C)(C)C)c1cc(Br)ccc1C3(O)C(C)(C)C. The molecule has 2 aliphatic rings. The van der Waals surface area contributed by atoms with E-state index in [0.29, 0.717) is 0 Å². The molecular weight excluding hydrogens is 564 g/mol. The van der Waals surface area contributed by atoms with Gasteiger partial charge in [-0.25, -0.2) is 0 Å². The van der Waals surface area contributed by atoms with Gasteiger partial charge in [0.25, 0.3) is 0 Å². The van der Waals surface area contributed by atoms with E-state index in [1.165, 1.54) is 16.7 Å². The van der Waals surface area contributed by atoms with Gasteiger partial charge in [0.2, 0.25) is 0 Å². The molecule has 0 aliphatic heterocycles. The second kappa shape index (κ2) is 7.31. The van der Waals surface area contributed by atoms with Crippen LogP contribution in [0.1, 0.15) is 88.8 Å². The molecule has 2 nitrogen and oxygen atoms in total. The normalized spacial score (nSPS) is 24.5. The summed E-state index contributed by atoms with van der Waals surface area (Å²) in [6.45, 7) is 16.9. The molecule has 0 saturated carbocycles. The summed E-state index contributed by atoms with van der Waals surface area (Å²) in [6, 6.07) is 16.7. The van der Waals surface area contributed by atoms with Gasteiger partial charge in [-0.3, -0.25) is 0 Å². The van der Waals surface area contributed by atoms with Gasteiger partial charge in [-0.15, -0.1) is 0 Å². The van der Waals surface area contributed by atoms with Crippen molar-refractivity contribution >= 4 is 31.9 Å². The van der Waals surface area contributed by atoms with Crippen molar-refractivity contribution in [3.05, 3.63) is 90.9 Å². The maximum atomic E-state index is 12.8. The van der Waals surface area contributed by atoms with Gasteiger partial charge in [-0.1, -0.05) is 105 Å². The maximum Gasteiger partial charge on any atom is 0.120 e. The molecule has 0 fully saturated rings. The first kappa shape index (κ1) is 25.2. The lowest BCUT2D eigenvalue weighted by molar-refractivity contribution is -0.0703. The molecule has 0 bridgehead atoms. The molecule has 2 N–H and O–H groups in total. The van der Waals surface area contributed by atoms with E-state index in [4.69, 9.17) is 0 Å². The third-order valence-electron chi connectivity index (χ3n) is 8.49. The Morgan fingerprint density at radius 3 is 1.54 bits per heavy atom. The lowest BCUT2D eigenvalue weighted by atomic mass is 9.54. The molecule has 5 rings (SSSR count). The predicted molar refractivity (Wildman–Crippen MR) is 151 cm³/mol. The van der Waals surface area contributed by atoms with Crippen molar-refractivity contribution in [3.63, 3.8) is 0 Å². The third kappa shape index (κ3) is 3.13. The van der Waals surface area contributed by atoms with Gasteiger partial charge in [-0.05, 0) is 85.7 Å². The van der Waals surface area contributed by atoms with Gasteiger partial charge in [0.05, 0.1) is 0 Å². The van der Waals surface area contributed by atoms with Crippen LogP contribution in [0.2, 0.25) is 0 Å². The zero-order valence-electron chi connectivity index (χ0n) is 21.8. The van der Waals surface area contributed by atoms with Crippen LogP contribution in [-0.2, 0) is 16.6 Å². The van der Waals surface area contributed by atoms with E-state index in [2.05, 4.69) is 118 Å². The monoisotopic (exact) mass is 596 g/mol. The minimum absolute atomic E-state index is 0.236. The number of hydrogen-bond donors (Lipinski definition) is 2. The topological polar surface area (TPSA) is 40.5 Å². The summed E-state index contributed by atoms with van der Waals surface area (Å²) < 4.78 is 1.94. The summed E-state index contributed by atoms with van der Waals surface area (Å²) in [5, 5.41) is 25.5. The molecule has 4 heteroatoms. The lowest BCUT2D eigenvalue weighted by Crippen LogP contribution is -2.53. The molecule has 0 amide bonds. The number of halogens is 2. The van der Waals surface area contributed by atoms with Crippen LogP contribution in [0, 0.1) is 10.8 Å². The highest BCUT2D eigenvalue weighted by Crippen LogP contribution is 2.62. The number of benzene rings is 3. The Morgan fingerprint density at radius 1 is 0.543 bits per heavy atom. The second-order valence-corrected chi connectivity index (χ2v) is 14.7. The van der Waals surface area contributed by atoms with E-state index in [9.17, 15) is 10.2 Å². The summed E-state index contributed by atoms with van der Waals surface area (Å²) in [4.78, 5) is 0. The lowest BCUT2D eigenvalue weighted by Gasteiger charge is -2.54. The van der Waals surface area contributed by atoms with E-state index < -0.39 is 22.0 Å². The van der Waals surface area contributed by atoms with Gasteiger partial charge in [0.1, 0.15) is 11.2 Å². The molecule has 2 atom stereocenters. The standard InChI is InChI=1S/C31H34Br2O2/c1-27(2,3)30(34)21-12-10-18(33)14-24(21)31(35,28(4,5)6)26-16-23-20(15-25(26)30)19-11-9-17(32)13-22(19)29(23,7)8/h9-16,34-35H,1-8H3. The van der Waals surface area contributed by atoms with Gasteiger partial charge in [0, 0.05) is 14.4 Å². The van der Waals surface area contributed by atoms with Gasteiger partial charge in [-0.2, -0.15) is 0 Å². The summed E-state index contributed by atoms with van der Waals surface area (Å²) in [6.07, 6.45) is 0. The highest BCUT2D eigenvalue weighted by atomic mass is 79.9. The van der Waals surface area contributed by atoms with Crippen LogP contribution in [-0.4, -0.2) is 10.2 Å². The Bertz CT molecular complexity index is 1390. The fraction of sp³-hybridized carbons (Fsp3) is 0.419. The molecule has 0 heterocycles. The number of aliphatic hydroxyl groups is 2. The Hall–Kier alpha value is -1.46. The molecular formula is C31H34Br2O2. The van der Waals surface area contributed by atoms with Crippen molar-refractivity contribution < 1.29 is 10.2 Å². The van der Waals surface area contributed by atoms with Crippen molar-refractivity contribution in [2.45, 2.75) is 72.0 Å². The van der Waals surface area contributed by atoms with Crippen LogP contribution in [0.15, 0.2) is 57.5 Å². The zero-order valence-corrected chi connectivity index (χ0v) is 24.9.